The molecule has 0 aliphatic rings. The molecule has 0 spiro atoms. The highest BCUT2D eigenvalue weighted by atomic mass is 32.2. The van der Waals surface area contributed by atoms with Crippen molar-refractivity contribution in [2.75, 3.05) is 20.3 Å². The lowest BCUT2D eigenvalue weighted by atomic mass is 10.2. The van der Waals surface area contributed by atoms with Crippen molar-refractivity contribution in [2.24, 2.45) is 0 Å². The van der Waals surface area contributed by atoms with E-state index in [2.05, 4.69) is 10.0 Å². The van der Waals surface area contributed by atoms with E-state index in [-0.39, 0.29) is 16.8 Å². The summed E-state index contributed by atoms with van der Waals surface area (Å²) in [7, 11) is -1.92. The van der Waals surface area contributed by atoms with Gasteiger partial charge >= 0.3 is 0 Å². The number of amides is 1. The molecule has 0 aromatic heterocycles. The molecule has 0 aliphatic carbocycles. The molecule has 0 heterocycles. The van der Waals surface area contributed by atoms with Crippen molar-refractivity contribution in [2.45, 2.75) is 31.2 Å². The van der Waals surface area contributed by atoms with Crippen molar-refractivity contribution < 1.29 is 17.9 Å². The smallest absolute Gasteiger partial charge is 0.251 e. The van der Waals surface area contributed by atoms with E-state index in [1.807, 2.05) is 0 Å². The monoisotopic (exact) mass is 314 g/mol. The molecule has 118 valence electrons. The minimum absolute atomic E-state index is 0.145. The number of ether oxygens (including phenoxy) is 1. The first-order chi connectivity index (χ1) is 9.86. The van der Waals surface area contributed by atoms with Gasteiger partial charge in [0.15, 0.2) is 0 Å². The van der Waals surface area contributed by atoms with Gasteiger partial charge in [-0.25, -0.2) is 13.1 Å². The molecular weight excluding hydrogens is 292 g/mol. The molecule has 1 amide bonds. The maximum atomic E-state index is 11.9. The van der Waals surface area contributed by atoms with Crippen LogP contribution in [0.15, 0.2) is 29.2 Å². The van der Waals surface area contributed by atoms with E-state index < -0.39 is 10.0 Å². The molecule has 2 N–H and O–H groups in total. The Labute approximate surface area is 125 Å². The molecule has 0 saturated heterocycles. The molecular formula is C14H22N2O4S. The summed E-state index contributed by atoms with van der Waals surface area (Å²) in [6.45, 7) is 4.60. The minimum atomic E-state index is -3.52. The summed E-state index contributed by atoms with van der Waals surface area (Å²) in [5.41, 5.74) is 0.427. The van der Waals surface area contributed by atoms with Crippen LogP contribution in [0.25, 0.3) is 0 Å². The van der Waals surface area contributed by atoms with E-state index in [1.54, 1.807) is 21.0 Å². The summed E-state index contributed by atoms with van der Waals surface area (Å²) in [6, 6.07) is 5.67. The Hall–Kier alpha value is -1.44. The molecule has 1 aromatic carbocycles. The first kappa shape index (κ1) is 17.6. The van der Waals surface area contributed by atoms with Crippen molar-refractivity contribution in [3.63, 3.8) is 0 Å². The Bertz CT molecular complexity index is 553. The lowest BCUT2D eigenvalue weighted by Crippen LogP contribution is -2.30. The predicted octanol–water partition coefficient (Wildman–Crippen LogP) is 1.14. The first-order valence-corrected chi connectivity index (χ1v) is 8.24. The van der Waals surface area contributed by atoms with Crippen molar-refractivity contribution in [3.8, 4) is 0 Å². The molecule has 0 radical (unpaired) electrons. The number of carbonyl (C=O) groups is 1. The Morgan fingerprint density at radius 1 is 1.24 bits per heavy atom. The minimum Gasteiger partial charge on any atom is -0.385 e. The Balaban J connectivity index is 2.67. The lowest BCUT2D eigenvalue weighted by Gasteiger charge is -2.10. The van der Waals surface area contributed by atoms with Gasteiger partial charge in [0, 0.05) is 31.9 Å². The van der Waals surface area contributed by atoms with Crippen LogP contribution in [0.3, 0.4) is 0 Å². The summed E-state index contributed by atoms with van der Waals surface area (Å²) in [5, 5.41) is 2.74. The standard InChI is InChI=1S/C14H22N2O4S/c1-11(2)16-21(18,19)13-7-5-12(6-8-13)14(17)15-9-4-10-20-3/h5-8,11,16H,4,9-10H2,1-3H3,(H,15,17). The molecule has 0 aliphatic heterocycles. The predicted molar refractivity (Wildman–Crippen MR) is 80.7 cm³/mol. The highest BCUT2D eigenvalue weighted by Crippen LogP contribution is 2.11. The Morgan fingerprint density at radius 3 is 2.38 bits per heavy atom. The number of nitrogens with one attached hydrogen (secondary N) is 2. The van der Waals surface area contributed by atoms with Gasteiger partial charge in [0.1, 0.15) is 0 Å². The third-order valence-electron chi connectivity index (χ3n) is 2.63. The van der Waals surface area contributed by atoms with Crippen LogP contribution in [0.1, 0.15) is 30.6 Å². The summed E-state index contributed by atoms with van der Waals surface area (Å²) in [6.07, 6.45) is 0.729. The first-order valence-electron chi connectivity index (χ1n) is 6.76. The Morgan fingerprint density at radius 2 is 1.86 bits per heavy atom. The van der Waals surface area contributed by atoms with Crippen LogP contribution in [-0.2, 0) is 14.8 Å². The number of hydrogen-bond donors (Lipinski definition) is 2. The number of hydrogen-bond acceptors (Lipinski definition) is 4. The van der Waals surface area contributed by atoms with E-state index >= 15 is 0 Å². The zero-order valence-corrected chi connectivity index (χ0v) is 13.4. The summed E-state index contributed by atoms with van der Waals surface area (Å²) in [4.78, 5) is 12.0. The fourth-order valence-corrected chi connectivity index (χ4v) is 2.94. The van der Waals surface area contributed by atoms with Crippen LogP contribution in [0.4, 0.5) is 0 Å². The van der Waals surface area contributed by atoms with Crippen LogP contribution >= 0.6 is 0 Å². The fourth-order valence-electron chi connectivity index (χ4n) is 1.68. The van der Waals surface area contributed by atoms with Crippen LogP contribution in [-0.4, -0.2) is 40.6 Å². The maximum absolute atomic E-state index is 11.9. The summed E-state index contributed by atoms with van der Waals surface area (Å²) >= 11 is 0. The number of rotatable bonds is 8. The van der Waals surface area contributed by atoms with Crippen LogP contribution in [0, 0.1) is 0 Å². The average molecular weight is 314 g/mol. The van der Waals surface area contributed by atoms with Crippen LogP contribution < -0.4 is 10.0 Å². The van der Waals surface area contributed by atoms with Crippen molar-refractivity contribution in [1.29, 1.82) is 0 Å². The number of methoxy groups -OCH3 is 1. The number of sulfonamides is 1. The van der Waals surface area contributed by atoms with E-state index in [4.69, 9.17) is 4.74 Å². The molecule has 0 bridgehead atoms. The Kier molecular flexibility index (Phi) is 6.80. The normalized spacial score (nSPS) is 11.6. The topological polar surface area (TPSA) is 84.5 Å². The molecule has 21 heavy (non-hydrogen) atoms. The van der Waals surface area contributed by atoms with Crippen molar-refractivity contribution in [3.05, 3.63) is 29.8 Å². The SMILES string of the molecule is COCCCNC(=O)c1ccc(S(=O)(=O)NC(C)C)cc1. The molecule has 0 atom stereocenters. The van der Waals surface area contributed by atoms with Gasteiger partial charge in [-0.05, 0) is 44.5 Å². The zero-order valence-electron chi connectivity index (χ0n) is 12.5. The van der Waals surface area contributed by atoms with Crippen LogP contribution in [0.5, 0.6) is 0 Å². The van der Waals surface area contributed by atoms with Crippen molar-refractivity contribution in [1.82, 2.24) is 10.0 Å². The van der Waals surface area contributed by atoms with Crippen molar-refractivity contribution >= 4 is 15.9 Å². The van der Waals surface area contributed by atoms with Gasteiger partial charge in [-0.3, -0.25) is 4.79 Å². The molecule has 7 heteroatoms. The van der Waals surface area contributed by atoms with Gasteiger partial charge in [0.25, 0.3) is 5.91 Å². The third-order valence-corrected chi connectivity index (χ3v) is 4.30. The number of benzene rings is 1. The van der Waals surface area contributed by atoms with Gasteiger partial charge in [-0.2, -0.15) is 0 Å². The fraction of sp³-hybridized carbons (Fsp3) is 0.500. The largest absolute Gasteiger partial charge is 0.385 e. The van der Waals surface area contributed by atoms with Gasteiger partial charge in [0.2, 0.25) is 10.0 Å². The van der Waals surface area contributed by atoms with E-state index in [0.29, 0.717) is 18.7 Å². The molecule has 1 rings (SSSR count). The second-order valence-corrected chi connectivity index (χ2v) is 6.62. The summed E-state index contributed by atoms with van der Waals surface area (Å²) < 4.78 is 31.3. The second kappa shape index (κ2) is 8.11. The van der Waals surface area contributed by atoms with Gasteiger partial charge < -0.3 is 10.1 Å². The molecule has 0 unspecified atom stereocenters. The highest BCUT2D eigenvalue weighted by molar-refractivity contribution is 7.89. The van der Waals surface area contributed by atoms with Crippen LogP contribution in [0.2, 0.25) is 0 Å². The molecule has 0 saturated carbocycles. The molecule has 6 nitrogen and oxygen atoms in total. The third kappa shape index (κ3) is 5.82. The number of carbonyl (C=O) groups excluding carboxylic acids is 1. The average Bonchev–Trinajstić information content (AvgIpc) is 2.42. The quantitative estimate of drug-likeness (QED) is 0.705. The molecule has 1 aromatic rings. The lowest BCUT2D eigenvalue weighted by molar-refractivity contribution is 0.0948. The second-order valence-electron chi connectivity index (χ2n) is 4.90. The van der Waals surface area contributed by atoms with Gasteiger partial charge in [-0.15, -0.1) is 0 Å². The van der Waals surface area contributed by atoms with Gasteiger partial charge in [-0.1, -0.05) is 0 Å². The summed E-state index contributed by atoms with van der Waals surface area (Å²) in [5.74, 6) is -0.230. The van der Waals surface area contributed by atoms with E-state index in [9.17, 15) is 13.2 Å². The van der Waals surface area contributed by atoms with Gasteiger partial charge in [0.05, 0.1) is 4.90 Å². The van der Waals surface area contributed by atoms with E-state index in [0.717, 1.165) is 6.42 Å². The maximum Gasteiger partial charge on any atom is 0.251 e. The molecule has 0 fully saturated rings. The zero-order chi connectivity index (χ0) is 15.9. The highest BCUT2D eigenvalue weighted by Gasteiger charge is 2.15. The van der Waals surface area contributed by atoms with E-state index in [1.165, 1.54) is 24.3 Å².